The van der Waals surface area contributed by atoms with Crippen molar-refractivity contribution in [3.63, 3.8) is 0 Å². The van der Waals surface area contributed by atoms with E-state index in [1.807, 2.05) is 6.07 Å². The van der Waals surface area contributed by atoms with Crippen LogP contribution in [0.15, 0.2) is 30.3 Å². The molecule has 1 aromatic carbocycles. The van der Waals surface area contributed by atoms with E-state index in [4.69, 9.17) is 3.47 Å². The summed E-state index contributed by atoms with van der Waals surface area (Å²) in [5.74, 6) is 0.455. The van der Waals surface area contributed by atoms with E-state index in [0.717, 1.165) is 0 Å². The van der Waals surface area contributed by atoms with Crippen LogP contribution in [-0.4, -0.2) is 23.8 Å². The van der Waals surface area contributed by atoms with Gasteiger partial charge in [0.15, 0.2) is 0 Å². The molecule has 0 aromatic heterocycles. The van der Waals surface area contributed by atoms with Crippen LogP contribution in [0.2, 0.25) is 0 Å². The fourth-order valence-electron chi connectivity index (χ4n) is 0.558. The van der Waals surface area contributed by atoms with Crippen LogP contribution in [-0.2, 0) is 3.10 Å². The first kappa shape index (κ1) is 7.67. The van der Waals surface area contributed by atoms with Gasteiger partial charge in [0.2, 0.25) is 0 Å². The van der Waals surface area contributed by atoms with Crippen LogP contribution < -0.4 is 3.10 Å². The van der Waals surface area contributed by atoms with Crippen molar-refractivity contribution in [2.24, 2.45) is 0 Å². The van der Waals surface area contributed by atoms with Gasteiger partial charge in [-0.25, -0.2) is 0 Å². The zero-order chi connectivity index (χ0) is 7.40. The Morgan fingerprint density at radius 3 is 2.40 bits per heavy atom. The second-order valence-electron chi connectivity index (χ2n) is 1.61. The summed E-state index contributed by atoms with van der Waals surface area (Å²) in [4.78, 5) is 0. The Morgan fingerprint density at radius 2 is 1.90 bits per heavy atom. The van der Waals surface area contributed by atoms with Crippen molar-refractivity contribution in [1.29, 1.82) is 0 Å². The zero-order valence-electron chi connectivity index (χ0n) is 5.06. The molecule has 0 amide bonds. The molecule has 0 aliphatic carbocycles. The zero-order valence-corrected chi connectivity index (χ0v) is 7.39. The summed E-state index contributed by atoms with van der Waals surface area (Å²) in [5, 5.41) is 0. The Morgan fingerprint density at radius 1 is 1.30 bits per heavy atom. The Bertz CT molecular complexity index is 222. The molecule has 0 unspecified atom stereocenters. The van der Waals surface area contributed by atoms with Crippen LogP contribution in [0.5, 0.6) is 5.75 Å². The van der Waals surface area contributed by atoms with E-state index in [-0.39, 0.29) is 0 Å². The van der Waals surface area contributed by atoms with Crippen LogP contribution in [0.3, 0.4) is 0 Å². The third kappa shape index (κ3) is 2.44. The third-order valence-corrected chi connectivity index (χ3v) is 1.87. The van der Waals surface area contributed by atoms with E-state index in [1.54, 1.807) is 24.3 Å². The molecule has 0 heterocycles. The maximum atomic E-state index is 10.2. The molecule has 3 nitrogen and oxygen atoms in total. The van der Waals surface area contributed by atoms with Gasteiger partial charge < -0.3 is 0 Å². The number of para-hydroxylation sites is 1. The van der Waals surface area contributed by atoms with Crippen LogP contribution in [0.4, 0.5) is 0 Å². The fraction of sp³-hybridized carbons (Fsp3) is 0. The van der Waals surface area contributed by atoms with Crippen LogP contribution >= 0.6 is 0 Å². The predicted octanol–water partition coefficient (Wildman–Crippen LogP) is 0.473. The molecule has 0 aliphatic heterocycles. The van der Waals surface area contributed by atoms with E-state index in [2.05, 4.69) is 3.10 Å². The first-order valence-electron chi connectivity index (χ1n) is 2.63. The van der Waals surface area contributed by atoms with Gasteiger partial charge in [0, 0.05) is 0 Å². The average Bonchev–Trinajstić information content (AvgIpc) is 1.88. The summed E-state index contributed by atoms with van der Waals surface area (Å²) in [6.45, 7) is 0. The summed E-state index contributed by atoms with van der Waals surface area (Å²) in [7, 11) is 0. The Hall–Kier alpha value is -0.430. The third-order valence-electron chi connectivity index (χ3n) is 0.911. The molecule has 0 bridgehead atoms. The van der Waals surface area contributed by atoms with Gasteiger partial charge in [0.25, 0.3) is 0 Å². The van der Waals surface area contributed by atoms with Crippen LogP contribution in [0, 0.1) is 0 Å². The first-order valence-corrected chi connectivity index (χ1v) is 5.58. The number of hydrogen-bond donors (Lipinski definition) is 1. The Kier molecular flexibility index (Phi) is 2.82. The summed E-state index contributed by atoms with van der Waals surface area (Å²) in [6, 6.07) is 8.59. The standard InChI is InChI=1S/C6H6O3Te/c7-10(8)9-6-4-2-1-3-5-6/h1-5H,(H,7,8). The average molecular weight is 254 g/mol. The molecule has 0 fully saturated rings. The fourth-order valence-corrected chi connectivity index (χ4v) is 1.35. The van der Waals surface area contributed by atoms with Crippen molar-refractivity contribution in [2.75, 3.05) is 0 Å². The monoisotopic (exact) mass is 256 g/mol. The normalized spacial score (nSPS) is 9.80. The van der Waals surface area contributed by atoms with Gasteiger partial charge in [-0.05, 0) is 0 Å². The molecule has 1 rings (SSSR count). The predicted molar refractivity (Wildman–Crippen MR) is 35.7 cm³/mol. The Balaban J connectivity index is 2.67. The van der Waals surface area contributed by atoms with E-state index < -0.39 is 20.4 Å². The molecular weight excluding hydrogens is 248 g/mol. The molecule has 4 heteroatoms. The van der Waals surface area contributed by atoms with Crippen molar-refractivity contribution in [2.45, 2.75) is 0 Å². The second kappa shape index (κ2) is 3.67. The van der Waals surface area contributed by atoms with E-state index in [1.165, 1.54) is 0 Å². The van der Waals surface area contributed by atoms with Crippen molar-refractivity contribution in [3.05, 3.63) is 30.3 Å². The van der Waals surface area contributed by atoms with E-state index >= 15 is 0 Å². The van der Waals surface area contributed by atoms with Gasteiger partial charge in [-0.1, -0.05) is 0 Å². The topological polar surface area (TPSA) is 46.5 Å². The summed E-state index contributed by atoms with van der Waals surface area (Å²) >= 11 is -3.41. The van der Waals surface area contributed by atoms with Crippen LogP contribution in [0.1, 0.15) is 0 Å². The Labute approximate surface area is 66.3 Å². The molecule has 10 heavy (non-hydrogen) atoms. The molecule has 1 N–H and O–H groups in total. The summed E-state index contributed by atoms with van der Waals surface area (Å²) < 4.78 is 23.2. The van der Waals surface area contributed by atoms with Gasteiger partial charge in [-0.2, -0.15) is 0 Å². The molecule has 0 spiro atoms. The van der Waals surface area contributed by atoms with Crippen molar-refractivity contribution < 1.29 is 9.68 Å². The maximum absolute atomic E-state index is 10.2. The number of benzene rings is 1. The minimum atomic E-state index is -3.41. The number of rotatable bonds is 2. The van der Waals surface area contributed by atoms with Gasteiger partial charge in [-0.15, -0.1) is 0 Å². The molecule has 0 atom stereocenters. The number of hydrogen-bond acceptors (Lipinski definition) is 2. The van der Waals surface area contributed by atoms with Gasteiger partial charge in [0.05, 0.1) is 0 Å². The van der Waals surface area contributed by atoms with Crippen molar-refractivity contribution in [1.82, 2.24) is 0 Å². The second-order valence-corrected chi connectivity index (χ2v) is 3.33. The molecule has 0 aliphatic rings. The summed E-state index contributed by atoms with van der Waals surface area (Å²) in [5.41, 5.74) is 0. The van der Waals surface area contributed by atoms with Crippen molar-refractivity contribution >= 4 is 20.4 Å². The first-order chi connectivity index (χ1) is 4.79. The quantitative estimate of drug-likeness (QED) is 0.780. The molecule has 0 saturated heterocycles. The van der Waals surface area contributed by atoms with E-state index in [0.29, 0.717) is 5.75 Å². The van der Waals surface area contributed by atoms with Gasteiger partial charge >= 0.3 is 66.1 Å². The summed E-state index contributed by atoms with van der Waals surface area (Å²) in [6.07, 6.45) is 0. The molecule has 1 aromatic rings. The van der Waals surface area contributed by atoms with Gasteiger partial charge in [0.1, 0.15) is 0 Å². The van der Waals surface area contributed by atoms with E-state index in [9.17, 15) is 3.10 Å². The molecule has 0 saturated carbocycles. The minimum absolute atomic E-state index is 0.455. The van der Waals surface area contributed by atoms with Crippen molar-refractivity contribution in [3.8, 4) is 5.75 Å². The SMILES string of the molecule is O=[Te](O)Oc1ccccc1. The van der Waals surface area contributed by atoms with Gasteiger partial charge in [-0.3, -0.25) is 0 Å². The van der Waals surface area contributed by atoms with Crippen LogP contribution in [0.25, 0.3) is 0 Å². The molecule has 54 valence electrons. The molecular formula is C6H6O3Te. The molecule has 0 radical (unpaired) electrons.